The average molecular weight is 351 g/mol. The van der Waals surface area contributed by atoms with Gasteiger partial charge in [-0.05, 0) is 60.7 Å². The molecule has 1 fully saturated rings. The third kappa shape index (κ3) is 3.55. The minimum Gasteiger partial charge on any atom is -0.330 e. The van der Waals surface area contributed by atoms with Gasteiger partial charge in [0.15, 0.2) is 0 Å². The molecule has 0 aliphatic carbocycles. The zero-order valence-corrected chi connectivity index (χ0v) is 15.5. The summed E-state index contributed by atoms with van der Waals surface area (Å²) in [5.41, 5.74) is 13.2. The number of hydrogen-bond donors (Lipinski definition) is 1. The van der Waals surface area contributed by atoms with E-state index in [0.717, 1.165) is 38.4 Å². The summed E-state index contributed by atoms with van der Waals surface area (Å²) in [5, 5.41) is 0. The Morgan fingerprint density at radius 2 is 1.64 bits per heavy atom. The van der Waals surface area contributed by atoms with Crippen LogP contribution in [0.25, 0.3) is 5.57 Å². The van der Waals surface area contributed by atoms with Crippen LogP contribution in [0.2, 0.25) is 0 Å². The first-order chi connectivity index (χ1) is 12.4. The second-order valence-corrected chi connectivity index (χ2v) is 7.92. The van der Waals surface area contributed by atoms with Crippen LogP contribution in [0.15, 0.2) is 59.0 Å². The van der Waals surface area contributed by atoms with Crippen molar-refractivity contribution in [2.45, 2.75) is 29.9 Å². The molecule has 0 aromatic heterocycles. The lowest BCUT2D eigenvalue weighted by Gasteiger charge is -2.30. The van der Waals surface area contributed by atoms with Gasteiger partial charge in [0.25, 0.3) is 0 Å². The van der Waals surface area contributed by atoms with Gasteiger partial charge in [0, 0.05) is 23.7 Å². The Morgan fingerprint density at radius 1 is 0.920 bits per heavy atom. The van der Waals surface area contributed by atoms with E-state index in [0.29, 0.717) is 0 Å². The molecule has 0 spiro atoms. The Kier molecular flexibility index (Phi) is 5.25. The molecule has 2 aliphatic heterocycles. The number of nitrogens with zero attached hydrogens (tertiary/aromatic N) is 1. The van der Waals surface area contributed by atoms with Gasteiger partial charge in [0.2, 0.25) is 0 Å². The van der Waals surface area contributed by atoms with E-state index in [1.807, 2.05) is 11.8 Å². The van der Waals surface area contributed by atoms with E-state index >= 15 is 0 Å². The monoisotopic (exact) mass is 350 g/mol. The zero-order valence-electron chi connectivity index (χ0n) is 14.7. The summed E-state index contributed by atoms with van der Waals surface area (Å²) in [5.74, 6) is 1.06. The zero-order chi connectivity index (χ0) is 17.1. The number of thioether (sulfide) groups is 1. The topological polar surface area (TPSA) is 29.3 Å². The lowest BCUT2D eigenvalue weighted by molar-refractivity contribution is 0.255. The van der Waals surface area contributed by atoms with Gasteiger partial charge in [-0.25, -0.2) is 0 Å². The first kappa shape index (κ1) is 16.9. The number of nitrogens with two attached hydrogens (primary N) is 1. The number of fused-ring (bicyclic) bond motifs is 2. The number of rotatable bonds is 3. The van der Waals surface area contributed by atoms with E-state index < -0.39 is 0 Å². The second kappa shape index (κ2) is 7.77. The molecule has 0 radical (unpaired) electrons. The highest BCUT2D eigenvalue weighted by Gasteiger charge is 2.23. The molecule has 3 heteroatoms. The van der Waals surface area contributed by atoms with Gasteiger partial charge in [-0.2, -0.15) is 0 Å². The molecule has 1 saturated heterocycles. The Hall–Kier alpha value is -1.55. The van der Waals surface area contributed by atoms with E-state index in [4.69, 9.17) is 5.73 Å². The van der Waals surface area contributed by atoms with Crippen LogP contribution in [0, 0.1) is 0 Å². The SMILES string of the molecule is NCCCN1CCC(=C2c3ccccc3CSc3ccccc32)CC1. The van der Waals surface area contributed by atoms with Crippen LogP contribution < -0.4 is 5.73 Å². The smallest absolute Gasteiger partial charge is 0.0238 e. The van der Waals surface area contributed by atoms with Gasteiger partial charge in [-0.1, -0.05) is 48.0 Å². The first-order valence-electron chi connectivity index (χ1n) is 9.32. The molecule has 2 N–H and O–H groups in total. The van der Waals surface area contributed by atoms with Crippen LogP contribution in [0.3, 0.4) is 0 Å². The summed E-state index contributed by atoms with van der Waals surface area (Å²) < 4.78 is 0. The number of benzene rings is 2. The fraction of sp³-hybridized carbons (Fsp3) is 0.364. The summed E-state index contributed by atoms with van der Waals surface area (Å²) in [6.45, 7) is 4.26. The van der Waals surface area contributed by atoms with Crippen molar-refractivity contribution in [1.29, 1.82) is 0 Å². The van der Waals surface area contributed by atoms with E-state index in [1.165, 1.54) is 40.0 Å². The first-order valence-corrected chi connectivity index (χ1v) is 10.3. The van der Waals surface area contributed by atoms with Crippen molar-refractivity contribution in [3.63, 3.8) is 0 Å². The average Bonchev–Trinajstić information content (AvgIpc) is 2.84. The lowest BCUT2D eigenvalue weighted by atomic mass is 9.86. The standard InChI is InChI=1S/C22H26N2S/c23-12-5-13-24-14-10-17(11-15-24)22-19-7-2-1-6-18(19)16-25-21-9-4-3-8-20(21)22/h1-4,6-9H,5,10-16,23H2. The number of likely N-dealkylation sites (tertiary alicyclic amines) is 1. The van der Waals surface area contributed by atoms with Gasteiger partial charge in [-0.3, -0.25) is 0 Å². The van der Waals surface area contributed by atoms with E-state index in [-0.39, 0.29) is 0 Å². The van der Waals surface area contributed by atoms with Gasteiger partial charge in [0.05, 0.1) is 0 Å². The molecule has 0 bridgehead atoms. The fourth-order valence-electron chi connectivity index (χ4n) is 3.98. The Labute approximate surface area is 155 Å². The summed E-state index contributed by atoms with van der Waals surface area (Å²) >= 11 is 1.97. The predicted octanol–water partition coefficient (Wildman–Crippen LogP) is 4.54. The molecule has 4 rings (SSSR count). The molecule has 0 amide bonds. The molecule has 2 heterocycles. The summed E-state index contributed by atoms with van der Waals surface area (Å²) in [4.78, 5) is 3.99. The van der Waals surface area contributed by atoms with Crippen LogP contribution in [0.5, 0.6) is 0 Å². The minimum atomic E-state index is 0.794. The van der Waals surface area contributed by atoms with E-state index in [1.54, 1.807) is 5.57 Å². The van der Waals surface area contributed by atoms with Crippen LogP contribution in [0.1, 0.15) is 36.0 Å². The van der Waals surface area contributed by atoms with Crippen molar-refractivity contribution < 1.29 is 0 Å². The summed E-state index contributed by atoms with van der Waals surface area (Å²) in [6.07, 6.45) is 3.45. The number of hydrogen-bond acceptors (Lipinski definition) is 3. The normalized spacial score (nSPS) is 17.8. The quantitative estimate of drug-likeness (QED) is 0.881. The molecule has 0 saturated carbocycles. The Balaban J connectivity index is 1.73. The molecule has 25 heavy (non-hydrogen) atoms. The highest BCUT2D eigenvalue weighted by molar-refractivity contribution is 7.98. The second-order valence-electron chi connectivity index (χ2n) is 6.90. The fourth-order valence-corrected chi connectivity index (χ4v) is 5.05. The molecular weight excluding hydrogens is 324 g/mol. The van der Waals surface area contributed by atoms with E-state index in [2.05, 4.69) is 53.4 Å². The highest BCUT2D eigenvalue weighted by atomic mass is 32.2. The van der Waals surface area contributed by atoms with Gasteiger partial charge in [0.1, 0.15) is 0 Å². The Morgan fingerprint density at radius 3 is 2.44 bits per heavy atom. The molecule has 2 aromatic carbocycles. The third-order valence-electron chi connectivity index (χ3n) is 5.32. The van der Waals surface area contributed by atoms with Crippen molar-refractivity contribution in [2.75, 3.05) is 26.2 Å². The van der Waals surface area contributed by atoms with Gasteiger partial charge >= 0.3 is 0 Å². The summed E-state index contributed by atoms with van der Waals surface area (Å²) in [6, 6.07) is 17.9. The molecular formula is C22H26N2S. The van der Waals surface area contributed by atoms with Crippen LogP contribution >= 0.6 is 11.8 Å². The molecule has 2 aliphatic rings. The van der Waals surface area contributed by atoms with Crippen molar-refractivity contribution in [2.24, 2.45) is 5.73 Å². The highest BCUT2D eigenvalue weighted by Crippen LogP contribution is 2.43. The maximum Gasteiger partial charge on any atom is 0.0238 e. The Bertz CT molecular complexity index is 722. The van der Waals surface area contributed by atoms with Crippen LogP contribution in [-0.4, -0.2) is 31.1 Å². The van der Waals surface area contributed by atoms with E-state index in [9.17, 15) is 0 Å². The molecule has 2 nitrogen and oxygen atoms in total. The van der Waals surface area contributed by atoms with Crippen LogP contribution in [0.4, 0.5) is 0 Å². The van der Waals surface area contributed by atoms with Gasteiger partial charge in [-0.15, -0.1) is 11.8 Å². The van der Waals surface area contributed by atoms with Crippen LogP contribution in [-0.2, 0) is 5.75 Å². The maximum atomic E-state index is 5.68. The molecule has 0 atom stereocenters. The third-order valence-corrected chi connectivity index (χ3v) is 6.44. The lowest BCUT2D eigenvalue weighted by Crippen LogP contribution is -2.32. The maximum absolute atomic E-state index is 5.68. The number of piperidine rings is 1. The van der Waals surface area contributed by atoms with Crippen molar-refractivity contribution in [3.8, 4) is 0 Å². The molecule has 130 valence electrons. The van der Waals surface area contributed by atoms with Gasteiger partial charge < -0.3 is 10.6 Å². The molecule has 2 aromatic rings. The summed E-state index contributed by atoms with van der Waals surface area (Å²) in [7, 11) is 0. The van der Waals surface area contributed by atoms with Crippen molar-refractivity contribution in [3.05, 3.63) is 70.8 Å². The predicted molar refractivity (Wildman–Crippen MR) is 108 cm³/mol. The van der Waals surface area contributed by atoms with Crippen molar-refractivity contribution in [1.82, 2.24) is 4.90 Å². The largest absolute Gasteiger partial charge is 0.330 e. The molecule has 0 unspecified atom stereocenters. The van der Waals surface area contributed by atoms with Crippen molar-refractivity contribution >= 4 is 17.3 Å². The minimum absolute atomic E-state index is 0.794.